The number of esters is 1. The Hall–Kier alpha value is -2.24. The van der Waals surface area contributed by atoms with Crippen LogP contribution in [-0.2, 0) is 15.1 Å². The molecule has 28 heavy (non-hydrogen) atoms. The van der Waals surface area contributed by atoms with Gasteiger partial charge in [0.05, 0.1) is 13.2 Å². The van der Waals surface area contributed by atoms with Crippen LogP contribution in [0.3, 0.4) is 0 Å². The molecule has 148 valence electrons. The number of carbonyl (C=O) groups is 2. The average Bonchev–Trinajstić information content (AvgIpc) is 3.00. The maximum atomic E-state index is 13.1. The first-order valence-corrected chi connectivity index (χ1v) is 9.88. The predicted molar refractivity (Wildman–Crippen MR) is 109 cm³/mol. The first-order valence-electron chi connectivity index (χ1n) is 9.12. The number of hydrogen-bond donors (Lipinski definition) is 1. The summed E-state index contributed by atoms with van der Waals surface area (Å²) < 4.78 is 5.16. The topological polar surface area (TPSA) is 58.6 Å². The summed E-state index contributed by atoms with van der Waals surface area (Å²) in [5, 5.41) is 4.03. The van der Waals surface area contributed by atoms with Crippen LogP contribution in [0.2, 0.25) is 10.0 Å². The van der Waals surface area contributed by atoms with Crippen LogP contribution in [0.4, 0.5) is 4.79 Å². The lowest BCUT2D eigenvalue weighted by Crippen LogP contribution is -2.50. The molecule has 0 unspecified atom stereocenters. The molecule has 5 nitrogen and oxygen atoms in total. The number of nitrogens with zero attached hydrogens (tertiary/aromatic N) is 1. The number of amides is 2. The molecule has 0 aromatic heterocycles. The highest BCUT2D eigenvalue weighted by molar-refractivity contribution is 6.30. The Morgan fingerprint density at radius 2 is 1.68 bits per heavy atom. The van der Waals surface area contributed by atoms with Crippen LogP contribution >= 0.6 is 23.2 Å². The Labute approximate surface area is 174 Å². The molecule has 1 aliphatic heterocycles. The van der Waals surface area contributed by atoms with E-state index in [1.54, 1.807) is 41.3 Å². The molecule has 0 saturated carbocycles. The van der Waals surface area contributed by atoms with Gasteiger partial charge in [-0.2, -0.15) is 0 Å². The molecule has 1 fully saturated rings. The molecular formula is C21H22Cl2N2O3. The van der Waals surface area contributed by atoms with Gasteiger partial charge in [-0.05, 0) is 41.8 Å². The van der Waals surface area contributed by atoms with E-state index in [-0.39, 0.29) is 6.03 Å². The van der Waals surface area contributed by atoms with E-state index in [0.717, 1.165) is 18.4 Å². The second-order valence-corrected chi connectivity index (χ2v) is 7.61. The predicted octanol–water partition coefficient (Wildman–Crippen LogP) is 4.93. The highest BCUT2D eigenvalue weighted by atomic mass is 35.5. The molecule has 1 aliphatic rings. The van der Waals surface area contributed by atoms with E-state index in [1.165, 1.54) is 7.11 Å². The number of halogens is 2. The Bertz CT molecular complexity index is 855. The van der Waals surface area contributed by atoms with E-state index in [2.05, 4.69) is 12.2 Å². The van der Waals surface area contributed by atoms with Gasteiger partial charge >= 0.3 is 12.0 Å². The number of benzene rings is 2. The fourth-order valence-electron chi connectivity index (χ4n) is 3.68. The van der Waals surface area contributed by atoms with Crippen LogP contribution in [0.1, 0.15) is 36.9 Å². The zero-order valence-electron chi connectivity index (χ0n) is 15.7. The quantitative estimate of drug-likeness (QED) is 0.673. The van der Waals surface area contributed by atoms with Crippen LogP contribution in [0.25, 0.3) is 0 Å². The Kier molecular flexibility index (Phi) is 6.16. The fraction of sp³-hybridized carbons (Fsp3) is 0.333. The number of methoxy groups -OCH3 is 1. The molecule has 7 heteroatoms. The summed E-state index contributed by atoms with van der Waals surface area (Å²) >= 11 is 12.1. The molecule has 2 aromatic rings. The Balaban J connectivity index is 2.21. The zero-order valence-corrected chi connectivity index (χ0v) is 17.3. The van der Waals surface area contributed by atoms with Crippen LogP contribution < -0.4 is 5.32 Å². The minimum atomic E-state index is -1.39. The molecule has 2 atom stereocenters. The maximum absolute atomic E-state index is 13.1. The van der Waals surface area contributed by atoms with Crippen molar-refractivity contribution in [2.24, 2.45) is 0 Å². The lowest BCUT2D eigenvalue weighted by Gasteiger charge is -2.35. The fourth-order valence-corrected chi connectivity index (χ4v) is 3.93. The lowest BCUT2D eigenvalue weighted by molar-refractivity contribution is -0.150. The van der Waals surface area contributed by atoms with Gasteiger partial charge in [-0.25, -0.2) is 9.59 Å². The van der Waals surface area contributed by atoms with Crippen molar-refractivity contribution in [2.75, 3.05) is 13.7 Å². The summed E-state index contributed by atoms with van der Waals surface area (Å²) in [6.07, 6.45) is 1.73. The Morgan fingerprint density at radius 1 is 1.11 bits per heavy atom. The summed E-state index contributed by atoms with van der Waals surface area (Å²) in [5.74, 6) is -0.540. The van der Waals surface area contributed by atoms with Gasteiger partial charge in [0.1, 0.15) is 0 Å². The first kappa shape index (κ1) is 20.5. The van der Waals surface area contributed by atoms with Crippen molar-refractivity contribution in [3.05, 3.63) is 69.7 Å². The molecule has 0 radical (unpaired) electrons. The SMILES string of the molecule is CCCCN1C(=O)N[C@@](C(=O)OC)(c2ccc(Cl)cc2)[C@H]1c1ccc(Cl)cc1. The standard InChI is InChI=1S/C21H22Cl2N2O3/c1-3-4-13-25-18(14-5-9-16(22)10-6-14)21(19(26)28-2,24-20(25)27)15-7-11-17(23)12-8-15/h5-12,18H,3-4,13H2,1-2H3,(H,24,27)/t18-,21+/m1/s1. The maximum Gasteiger partial charge on any atom is 0.338 e. The highest BCUT2D eigenvalue weighted by Gasteiger charge is 2.59. The minimum absolute atomic E-state index is 0.311. The van der Waals surface area contributed by atoms with Crippen LogP contribution in [-0.4, -0.2) is 30.6 Å². The van der Waals surface area contributed by atoms with Gasteiger partial charge in [-0.3, -0.25) is 0 Å². The highest BCUT2D eigenvalue weighted by Crippen LogP contribution is 2.45. The molecule has 2 amide bonds. The average molecular weight is 421 g/mol. The van der Waals surface area contributed by atoms with E-state index >= 15 is 0 Å². The minimum Gasteiger partial charge on any atom is -0.467 e. The monoisotopic (exact) mass is 420 g/mol. The smallest absolute Gasteiger partial charge is 0.338 e. The van der Waals surface area contributed by atoms with E-state index in [4.69, 9.17) is 27.9 Å². The molecule has 2 aromatic carbocycles. The van der Waals surface area contributed by atoms with Gasteiger partial charge in [-0.15, -0.1) is 0 Å². The summed E-state index contributed by atoms with van der Waals surface area (Å²) in [4.78, 5) is 27.8. The summed E-state index contributed by atoms with van der Waals surface area (Å²) in [7, 11) is 1.32. The first-order chi connectivity index (χ1) is 13.4. The molecule has 0 aliphatic carbocycles. The molecular weight excluding hydrogens is 399 g/mol. The molecule has 1 saturated heterocycles. The van der Waals surface area contributed by atoms with Crippen molar-refractivity contribution in [3.63, 3.8) is 0 Å². The van der Waals surface area contributed by atoms with Gasteiger partial charge in [0.25, 0.3) is 0 Å². The normalized spacial score (nSPS) is 21.5. The molecule has 0 bridgehead atoms. The van der Waals surface area contributed by atoms with E-state index < -0.39 is 17.6 Å². The van der Waals surface area contributed by atoms with Crippen LogP contribution in [0, 0.1) is 0 Å². The molecule has 1 N–H and O–H groups in total. The summed E-state index contributed by atoms with van der Waals surface area (Å²) in [5.41, 5.74) is 0.00750. The third-order valence-corrected chi connectivity index (χ3v) is 5.54. The van der Waals surface area contributed by atoms with E-state index in [0.29, 0.717) is 22.2 Å². The second-order valence-electron chi connectivity index (χ2n) is 6.74. The van der Waals surface area contributed by atoms with Crippen LogP contribution in [0.15, 0.2) is 48.5 Å². The lowest BCUT2D eigenvalue weighted by atomic mass is 9.80. The van der Waals surface area contributed by atoms with Crippen molar-refractivity contribution in [2.45, 2.75) is 31.3 Å². The second kappa shape index (κ2) is 8.41. The van der Waals surface area contributed by atoms with Gasteiger partial charge in [0.15, 0.2) is 5.54 Å². The van der Waals surface area contributed by atoms with Gasteiger partial charge < -0.3 is 15.0 Å². The van der Waals surface area contributed by atoms with Crippen molar-refractivity contribution < 1.29 is 14.3 Å². The van der Waals surface area contributed by atoms with Gasteiger partial charge in [-0.1, -0.05) is 60.8 Å². The molecule has 1 heterocycles. The number of nitrogens with one attached hydrogen (secondary N) is 1. The number of hydrogen-bond acceptors (Lipinski definition) is 3. The number of ether oxygens (including phenoxy) is 1. The van der Waals surface area contributed by atoms with Crippen molar-refractivity contribution in [1.29, 1.82) is 0 Å². The van der Waals surface area contributed by atoms with Crippen molar-refractivity contribution >= 4 is 35.2 Å². The number of unbranched alkanes of at least 4 members (excludes halogenated alkanes) is 1. The van der Waals surface area contributed by atoms with Crippen molar-refractivity contribution in [1.82, 2.24) is 10.2 Å². The van der Waals surface area contributed by atoms with Crippen molar-refractivity contribution in [3.8, 4) is 0 Å². The zero-order chi connectivity index (χ0) is 20.3. The van der Waals surface area contributed by atoms with Crippen LogP contribution in [0.5, 0.6) is 0 Å². The molecule has 3 rings (SSSR count). The third-order valence-electron chi connectivity index (χ3n) is 5.03. The van der Waals surface area contributed by atoms with E-state index in [9.17, 15) is 9.59 Å². The summed E-state index contributed by atoms with van der Waals surface area (Å²) in [6.45, 7) is 2.57. The van der Waals surface area contributed by atoms with Gasteiger partial charge in [0.2, 0.25) is 0 Å². The number of rotatable bonds is 6. The van der Waals surface area contributed by atoms with Gasteiger partial charge in [0, 0.05) is 16.6 Å². The number of carbonyl (C=O) groups excluding carboxylic acids is 2. The third kappa shape index (κ3) is 3.56. The summed E-state index contributed by atoms with van der Waals surface area (Å²) in [6, 6.07) is 13.1. The van der Waals surface area contributed by atoms with E-state index in [1.807, 2.05) is 12.1 Å². The molecule has 0 spiro atoms. The largest absolute Gasteiger partial charge is 0.467 e. The number of urea groups is 1. The Morgan fingerprint density at radius 3 is 2.21 bits per heavy atom.